The molecule has 0 aliphatic carbocycles. The molecule has 2 bridgehead atoms. The Labute approximate surface area is 76.1 Å². The monoisotopic (exact) mass is 167 g/mol. The number of hydrogen-bond acceptors (Lipinski definition) is 1. The van der Waals surface area contributed by atoms with Gasteiger partial charge in [-0.2, -0.15) is 0 Å². The first-order valence-electron chi connectivity index (χ1n) is 5.57. The van der Waals surface area contributed by atoms with Gasteiger partial charge in [0.25, 0.3) is 0 Å². The topological polar surface area (TPSA) is 3.24 Å². The number of hydrogen-bond donors (Lipinski definition) is 0. The maximum atomic E-state index is 2.78. The van der Waals surface area contributed by atoms with E-state index in [0.717, 1.165) is 18.0 Å². The van der Waals surface area contributed by atoms with E-state index in [0.29, 0.717) is 0 Å². The predicted octanol–water partition coefficient (Wildman–Crippen LogP) is 2.66. The molecule has 0 radical (unpaired) electrons. The van der Waals surface area contributed by atoms with Crippen LogP contribution in [0.5, 0.6) is 0 Å². The molecule has 1 heteroatoms. The van der Waals surface area contributed by atoms with Crippen molar-refractivity contribution in [2.75, 3.05) is 6.54 Å². The maximum absolute atomic E-state index is 2.78. The Morgan fingerprint density at radius 3 is 2.25 bits per heavy atom. The van der Waals surface area contributed by atoms with Crippen LogP contribution in [0.3, 0.4) is 0 Å². The third-order valence-electron chi connectivity index (χ3n) is 3.60. The van der Waals surface area contributed by atoms with Gasteiger partial charge in [-0.25, -0.2) is 0 Å². The van der Waals surface area contributed by atoms with Gasteiger partial charge in [0.15, 0.2) is 0 Å². The smallest absolute Gasteiger partial charge is 0.0101 e. The van der Waals surface area contributed by atoms with Gasteiger partial charge < -0.3 is 0 Å². The zero-order valence-corrected chi connectivity index (χ0v) is 8.42. The fraction of sp³-hybridized carbons (Fsp3) is 1.00. The van der Waals surface area contributed by atoms with E-state index in [9.17, 15) is 0 Å². The molecule has 0 aromatic carbocycles. The van der Waals surface area contributed by atoms with Crippen LogP contribution in [0.1, 0.15) is 46.0 Å². The highest BCUT2D eigenvalue weighted by Gasteiger charge is 2.38. The average Bonchev–Trinajstić information content (AvgIpc) is 2.32. The summed E-state index contributed by atoms with van der Waals surface area (Å²) in [7, 11) is 0. The summed E-state index contributed by atoms with van der Waals surface area (Å²) in [5, 5.41) is 0. The van der Waals surface area contributed by atoms with E-state index in [2.05, 4.69) is 18.7 Å². The first-order valence-corrected chi connectivity index (χ1v) is 5.57. The van der Waals surface area contributed by atoms with Gasteiger partial charge in [-0.15, -0.1) is 0 Å². The van der Waals surface area contributed by atoms with E-state index in [-0.39, 0.29) is 0 Å². The molecule has 2 unspecified atom stereocenters. The highest BCUT2D eigenvalue weighted by Crippen LogP contribution is 2.38. The van der Waals surface area contributed by atoms with E-state index in [1.165, 1.54) is 38.6 Å². The molecule has 12 heavy (non-hydrogen) atoms. The fourth-order valence-corrected chi connectivity index (χ4v) is 3.17. The Balaban J connectivity index is 1.99. The van der Waals surface area contributed by atoms with E-state index in [1.807, 2.05) is 0 Å². The standard InChI is InChI=1S/C11H21N/c1-3-6-12-10-4-5-11(12)8-9(2)7-10/h9-11H,3-8H2,1-2H3/t9?,10-,11?/m0/s1. The van der Waals surface area contributed by atoms with E-state index in [4.69, 9.17) is 0 Å². The summed E-state index contributed by atoms with van der Waals surface area (Å²) in [6, 6.07) is 1.91. The van der Waals surface area contributed by atoms with Gasteiger partial charge in [0, 0.05) is 12.1 Å². The number of piperidine rings is 1. The van der Waals surface area contributed by atoms with Gasteiger partial charge in [0.05, 0.1) is 0 Å². The van der Waals surface area contributed by atoms with Gasteiger partial charge in [-0.1, -0.05) is 13.8 Å². The molecule has 0 saturated carbocycles. The molecule has 70 valence electrons. The Morgan fingerprint density at radius 2 is 1.75 bits per heavy atom. The minimum Gasteiger partial charge on any atom is -0.297 e. The van der Waals surface area contributed by atoms with Crippen LogP contribution in [-0.4, -0.2) is 23.5 Å². The molecule has 0 aromatic heterocycles. The van der Waals surface area contributed by atoms with Gasteiger partial charge in [-0.3, -0.25) is 4.90 Å². The van der Waals surface area contributed by atoms with Crippen molar-refractivity contribution in [2.45, 2.75) is 58.0 Å². The van der Waals surface area contributed by atoms with Crippen molar-refractivity contribution in [3.63, 3.8) is 0 Å². The van der Waals surface area contributed by atoms with Crippen molar-refractivity contribution in [3.8, 4) is 0 Å². The lowest BCUT2D eigenvalue weighted by atomic mass is 9.92. The Kier molecular flexibility index (Phi) is 2.40. The highest BCUT2D eigenvalue weighted by molar-refractivity contribution is 4.93. The molecule has 2 rings (SSSR count). The first-order chi connectivity index (χ1) is 5.81. The van der Waals surface area contributed by atoms with Crippen LogP contribution >= 0.6 is 0 Å². The number of nitrogens with zero attached hydrogens (tertiary/aromatic N) is 1. The SMILES string of the molecule is CCCN1C2CC[C@H]1CC(C)C2. The Morgan fingerprint density at radius 1 is 1.17 bits per heavy atom. The van der Waals surface area contributed by atoms with Crippen LogP contribution in [0.15, 0.2) is 0 Å². The van der Waals surface area contributed by atoms with E-state index in [1.54, 1.807) is 0 Å². The lowest BCUT2D eigenvalue weighted by molar-refractivity contribution is 0.110. The molecule has 1 nitrogen and oxygen atoms in total. The summed E-state index contributed by atoms with van der Waals surface area (Å²) in [5.74, 6) is 0.996. The Hall–Kier alpha value is -0.0400. The summed E-state index contributed by atoms with van der Waals surface area (Å²) in [5.41, 5.74) is 0. The molecule has 2 fully saturated rings. The van der Waals surface area contributed by atoms with Crippen LogP contribution < -0.4 is 0 Å². The first kappa shape index (κ1) is 8.55. The maximum Gasteiger partial charge on any atom is 0.0101 e. The second-order valence-electron chi connectivity index (χ2n) is 4.70. The molecule has 2 aliphatic heterocycles. The Bertz CT molecular complexity index is 141. The van der Waals surface area contributed by atoms with Crippen molar-refractivity contribution in [1.29, 1.82) is 0 Å². The third-order valence-corrected chi connectivity index (χ3v) is 3.60. The van der Waals surface area contributed by atoms with E-state index < -0.39 is 0 Å². The van der Waals surface area contributed by atoms with Crippen molar-refractivity contribution in [2.24, 2.45) is 5.92 Å². The largest absolute Gasteiger partial charge is 0.297 e. The third kappa shape index (κ3) is 1.39. The molecule has 0 N–H and O–H groups in total. The summed E-state index contributed by atoms with van der Waals surface area (Å²) >= 11 is 0. The van der Waals surface area contributed by atoms with E-state index >= 15 is 0 Å². The second-order valence-corrected chi connectivity index (χ2v) is 4.70. The van der Waals surface area contributed by atoms with Crippen molar-refractivity contribution in [1.82, 2.24) is 4.90 Å². The zero-order chi connectivity index (χ0) is 8.55. The van der Waals surface area contributed by atoms with Gasteiger partial charge in [0.2, 0.25) is 0 Å². The molecule has 2 saturated heterocycles. The second kappa shape index (κ2) is 3.37. The minimum atomic E-state index is 0.957. The molecule has 0 amide bonds. The van der Waals surface area contributed by atoms with Gasteiger partial charge in [-0.05, 0) is 44.6 Å². The number of rotatable bonds is 2. The quantitative estimate of drug-likeness (QED) is 0.611. The summed E-state index contributed by atoms with van der Waals surface area (Å²) in [6.45, 7) is 6.08. The van der Waals surface area contributed by atoms with Crippen LogP contribution in [0.25, 0.3) is 0 Å². The van der Waals surface area contributed by atoms with Crippen LogP contribution in [0.4, 0.5) is 0 Å². The zero-order valence-electron chi connectivity index (χ0n) is 8.42. The normalized spacial score (nSPS) is 42.0. The van der Waals surface area contributed by atoms with Crippen LogP contribution in [-0.2, 0) is 0 Å². The molecular formula is C11H21N. The van der Waals surface area contributed by atoms with Crippen molar-refractivity contribution in [3.05, 3.63) is 0 Å². The molecular weight excluding hydrogens is 146 g/mol. The molecule has 2 aliphatic rings. The molecule has 0 aromatic rings. The minimum absolute atomic E-state index is 0.957. The predicted molar refractivity (Wildman–Crippen MR) is 52.2 cm³/mol. The lowest BCUT2D eigenvalue weighted by Gasteiger charge is -2.37. The number of fused-ring (bicyclic) bond motifs is 2. The highest BCUT2D eigenvalue weighted by atomic mass is 15.2. The van der Waals surface area contributed by atoms with Crippen LogP contribution in [0.2, 0.25) is 0 Å². The van der Waals surface area contributed by atoms with Crippen molar-refractivity contribution < 1.29 is 0 Å². The lowest BCUT2D eigenvalue weighted by Crippen LogP contribution is -2.42. The summed E-state index contributed by atoms with van der Waals surface area (Å²) < 4.78 is 0. The fourth-order valence-electron chi connectivity index (χ4n) is 3.17. The average molecular weight is 167 g/mol. The van der Waals surface area contributed by atoms with Crippen LogP contribution in [0, 0.1) is 5.92 Å². The van der Waals surface area contributed by atoms with Gasteiger partial charge in [0.1, 0.15) is 0 Å². The van der Waals surface area contributed by atoms with Gasteiger partial charge >= 0.3 is 0 Å². The molecule has 0 spiro atoms. The summed E-state index contributed by atoms with van der Waals surface area (Å²) in [6.07, 6.45) is 7.23. The van der Waals surface area contributed by atoms with Crippen molar-refractivity contribution >= 4 is 0 Å². The molecule has 2 heterocycles. The summed E-state index contributed by atoms with van der Waals surface area (Å²) in [4.78, 5) is 2.78. The molecule has 3 atom stereocenters.